The van der Waals surface area contributed by atoms with Crippen molar-refractivity contribution in [3.8, 4) is 11.3 Å². The van der Waals surface area contributed by atoms with Gasteiger partial charge in [0, 0.05) is 28.0 Å². The monoisotopic (exact) mass is 385 g/mol. The Hall–Kier alpha value is -2.71. The molecule has 0 atom stereocenters. The van der Waals surface area contributed by atoms with Gasteiger partial charge < -0.3 is 5.32 Å². The molecule has 0 aliphatic carbocycles. The molecular weight excluding hydrogens is 370 g/mol. The molecule has 1 aromatic heterocycles. The van der Waals surface area contributed by atoms with E-state index in [0.29, 0.717) is 16.4 Å². The Balaban J connectivity index is 1.63. The summed E-state index contributed by atoms with van der Waals surface area (Å²) in [5.41, 5.74) is 2.38. The Bertz CT molecular complexity index is 956. The van der Waals surface area contributed by atoms with Crippen LogP contribution < -0.4 is 5.32 Å². The average Bonchev–Trinajstić information content (AvgIpc) is 3.09. The van der Waals surface area contributed by atoms with Gasteiger partial charge in [-0.25, -0.2) is 4.98 Å². The summed E-state index contributed by atoms with van der Waals surface area (Å²) in [6.45, 7) is 2.01. The molecule has 1 amide bonds. The van der Waals surface area contributed by atoms with Crippen LogP contribution in [0.2, 0.25) is 0 Å². The van der Waals surface area contributed by atoms with E-state index in [4.69, 9.17) is 0 Å². The summed E-state index contributed by atoms with van der Waals surface area (Å²) in [5, 5.41) is 15.9. The average molecular weight is 385 g/mol. The predicted molar refractivity (Wildman–Crippen MR) is 105 cm³/mol. The fourth-order valence-electron chi connectivity index (χ4n) is 2.26. The molecule has 1 heterocycles. The fraction of sp³-hybridized carbons (Fsp3) is 0.111. The lowest BCUT2D eigenvalue weighted by molar-refractivity contribution is -0.384. The number of anilines is 1. The minimum absolute atomic E-state index is 0.00992. The highest BCUT2D eigenvalue weighted by molar-refractivity contribution is 8.00. The van der Waals surface area contributed by atoms with Crippen molar-refractivity contribution in [2.45, 2.75) is 11.8 Å². The zero-order chi connectivity index (χ0) is 18.5. The van der Waals surface area contributed by atoms with Crippen molar-refractivity contribution in [1.82, 2.24) is 4.98 Å². The van der Waals surface area contributed by atoms with Crippen LogP contribution in [-0.4, -0.2) is 21.6 Å². The summed E-state index contributed by atoms with van der Waals surface area (Å²) in [5.74, 6) is 0.148. The molecule has 0 radical (unpaired) electrons. The van der Waals surface area contributed by atoms with Crippen LogP contribution in [0.3, 0.4) is 0 Å². The molecule has 0 unspecified atom stereocenters. The number of benzene rings is 2. The molecule has 0 fully saturated rings. The van der Waals surface area contributed by atoms with Crippen molar-refractivity contribution < 1.29 is 9.72 Å². The van der Waals surface area contributed by atoms with E-state index in [1.54, 1.807) is 17.5 Å². The third-order valence-electron chi connectivity index (χ3n) is 3.56. The Morgan fingerprint density at radius 1 is 1.27 bits per heavy atom. The predicted octanol–water partition coefficient (Wildman–Crippen LogP) is 4.76. The number of non-ortho nitro benzene ring substituents is 1. The molecule has 6 nitrogen and oxygen atoms in total. The molecule has 2 aromatic carbocycles. The molecule has 1 N–H and O–H groups in total. The highest BCUT2D eigenvalue weighted by Gasteiger charge is 2.12. The second kappa shape index (κ2) is 8.11. The van der Waals surface area contributed by atoms with E-state index in [-0.39, 0.29) is 17.3 Å². The molecule has 8 heteroatoms. The number of nitro benzene ring substituents is 1. The molecule has 0 aliphatic rings. The van der Waals surface area contributed by atoms with Crippen LogP contribution in [0.15, 0.2) is 58.8 Å². The first-order valence-electron chi connectivity index (χ1n) is 7.71. The summed E-state index contributed by atoms with van der Waals surface area (Å²) in [6, 6.07) is 14.2. The van der Waals surface area contributed by atoms with Crippen LogP contribution in [0, 0.1) is 17.0 Å². The molecule has 132 valence electrons. The summed E-state index contributed by atoms with van der Waals surface area (Å²) in [7, 11) is 0. The summed E-state index contributed by atoms with van der Waals surface area (Å²) in [6.07, 6.45) is 0. The van der Waals surface area contributed by atoms with Gasteiger partial charge in [-0.1, -0.05) is 30.3 Å². The van der Waals surface area contributed by atoms with Crippen molar-refractivity contribution in [2.24, 2.45) is 0 Å². The third-order valence-corrected chi connectivity index (χ3v) is 5.49. The van der Waals surface area contributed by atoms with Crippen molar-refractivity contribution in [3.05, 3.63) is 69.6 Å². The number of amides is 1. The minimum Gasteiger partial charge on any atom is -0.301 e. The van der Waals surface area contributed by atoms with Gasteiger partial charge in [0.25, 0.3) is 5.69 Å². The SMILES string of the molecule is Cc1ccccc1SCC(=O)Nc1nc(-c2cccc([N+](=O)[O-])c2)cs1. The second-order valence-electron chi connectivity index (χ2n) is 5.45. The van der Waals surface area contributed by atoms with Gasteiger partial charge in [0.1, 0.15) is 0 Å². The Morgan fingerprint density at radius 2 is 2.08 bits per heavy atom. The molecule has 3 aromatic rings. The standard InChI is InChI=1S/C18H15N3O3S2/c1-12-5-2-3-8-16(12)25-11-17(22)20-18-19-15(10-26-18)13-6-4-7-14(9-13)21(23)24/h2-10H,11H2,1H3,(H,19,20,22). The van der Waals surface area contributed by atoms with E-state index >= 15 is 0 Å². The van der Waals surface area contributed by atoms with Crippen LogP contribution >= 0.6 is 23.1 Å². The lowest BCUT2D eigenvalue weighted by atomic mass is 10.1. The van der Waals surface area contributed by atoms with Crippen LogP contribution in [-0.2, 0) is 4.79 Å². The van der Waals surface area contributed by atoms with Crippen molar-refractivity contribution in [3.63, 3.8) is 0 Å². The topological polar surface area (TPSA) is 85.1 Å². The van der Waals surface area contributed by atoms with Crippen LogP contribution in [0.4, 0.5) is 10.8 Å². The van der Waals surface area contributed by atoms with Gasteiger partial charge in [0.05, 0.1) is 16.4 Å². The lowest BCUT2D eigenvalue weighted by Gasteiger charge is -2.04. The quantitative estimate of drug-likeness (QED) is 0.376. The number of nitro groups is 1. The molecule has 3 rings (SSSR count). The van der Waals surface area contributed by atoms with Gasteiger partial charge >= 0.3 is 0 Å². The first-order chi connectivity index (χ1) is 12.5. The van der Waals surface area contributed by atoms with E-state index in [1.807, 2.05) is 31.2 Å². The number of aryl methyl sites for hydroxylation is 1. The van der Waals surface area contributed by atoms with Crippen molar-refractivity contribution in [1.29, 1.82) is 0 Å². The Labute approximate surface area is 158 Å². The molecule has 0 saturated heterocycles. The first-order valence-corrected chi connectivity index (χ1v) is 9.58. The number of hydrogen-bond donors (Lipinski definition) is 1. The zero-order valence-electron chi connectivity index (χ0n) is 13.8. The largest absolute Gasteiger partial charge is 0.301 e. The summed E-state index contributed by atoms with van der Waals surface area (Å²) in [4.78, 5) is 28.0. The maximum atomic E-state index is 12.1. The van der Waals surface area contributed by atoms with Gasteiger partial charge in [-0.3, -0.25) is 14.9 Å². The molecule has 0 aliphatic heterocycles. The highest BCUT2D eigenvalue weighted by atomic mass is 32.2. The van der Waals surface area contributed by atoms with E-state index in [0.717, 1.165) is 10.5 Å². The Kier molecular flexibility index (Phi) is 5.65. The maximum absolute atomic E-state index is 12.1. The number of thioether (sulfide) groups is 1. The van der Waals surface area contributed by atoms with E-state index in [1.165, 1.54) is 35.2 Å². The molecular formula is C18H15N3O3S2. The van der Waals surface area contributed by atoms with E-state index in [2.05, 4.69) is 10.3 Å². The zero-order valence-corrected chi connectivity index (χ0v) is 15.5. The van der Waals surface area contributed by atoms with E-state index in [9.17, 15) is 14.9 Å². The van der Waals surface area contributed by atoms with Gasteiger partial charge in [-0.15, -0.1) is 23.1 Å². The number of aromatic nitrogens is 1. The smallest absolute Gasteiger partial charge is 0.270 e. The van der Waals surface area contributed by atoms with Crippen LogP contribution in [0.25, 0.3) is 11.3 Å². The van der Waals surface area contributed by atoms with Crippen molar-refractivity contribution in [2.75, 3.05) is 11.1 Å². The fourth-order valence-corrected chi connectivity index (χ4v) is 3.82. The van der Waals surface area contributed by atoms with Crippen LogP contribution in [0.1, 0.15) is 5.56 Å². The number of nitrogens with zero attached hydrogens (tertiary/aromatic N) is 2. The number of rotatable bonds is 6. The van der Waals surface area contributed by atoms with Gasteiger partial charge in [0.15, 0.2) is 5.13 Å². The number of thiazole rings is 1. The molecule has 0 saturated carbocycles. The number of nitrogens with one attached hydrogen (secondary N) is 1. The second-order valence-corrected chi connectivity index (χ2v) is 7.32. The summed E-state index contributed by atoms with van der Waals surface area (Å²) >= 11 is 2.76. The summed E-state index contributed by atoms with van der Waals surface area (Å²) < 4.78 is 0. The Morgan fingerprint density at radius 3 is 2.85 bits per heavy atom. The van der Waals surface area contributed by atoms with E-state index < -0.39 is 4.92 Å². The number of carbonyl (C=O) groups is 1. The number of carbonyl (C=O) groups excluding carboxylic acids is 1. The molecule has 0 spiro atoms. The molecule has 0 bridgehead atoms. The first kappa shape index (κ1) is 18.1. The highest BCUT2D eigenvalue weighted by Crippen LogP contribution is 2.28. The lowest BCUT2D eigenvalue weighted by Crippen LogP contribution is -2.13. The van der Waals surface area contributed by atoms with Crippen molar-refractivity contribution >= 4 is 39.8 Å². The normalized spacial score (nSPS) is 10.5. The van der Waals surface area contributed by atoms with Crippen LogP contribution in [0.5, 0.6) is 0 Å². The van der Waals surface area contributed by atoms with Gasteiger partial charge in [-0.05, 0) is 18.6 Å². The number of hydrogen-bond acceptors (Lipinski definition) is 6. The van der Waals surface area contributed by atoms with Gasteiger partial charge in [0.2, 0.25) is 5.91 Å². The maximum Gasteiger partial charge on any atom is 0.270 e. The third kappa shape index (κ3) is 4.47. The van der Waals surface area contributed by atoms with Gasteiger partial charge in [-0.2, -0.15) is 0 Å². The molecule has 26 heavy (non-hydrogen) atoms. The minimum atomic E-state index is -0.443.